The van der Waals surface area contributed by atoms with Crippen LogP contribution in [-0.4, -0.2) is 0 Å². The number of nitrogens with zero attached hydrogens (tertiary/aromatic N) is 1. The molecule has 4 aromatic rings. The molecule has 24 heavy (non-hydrogen) atoms. The number of aryl methyl sites for hydroxylation is 1. The molecule has 2 aromatic heterocycles. The minimum atomic E-state index is -0.299. The van der Waals surface area contributed by atoms with Crippen LogP contribution >= 0.6 is 0 Å². The average molecular weight is 316 g/mol. The zero-order valence-electron chi connectivity index (χ0n) is 13.5. The van der Waals surface area contributed by atoms with E-state index in [4.69, 9.17) is 4.42 Å². The molecule has 3 heteroatoms. The Bertz CT molecular complexity index is 1100. The van der Waals surface area contributed by atoms with Gasteiger partial charge in [-0.1, -0.05) is 37.3 Å². The van der Waals surface area contributed by atoms with E-state index in [1.807, 2.05) is 30.5 Å². The van der Waals surface area contributed by atoms with Crippen molar-refractivity contribution in [2.45, 2.75) is 19.9 Å². The van der Waals surface area contributed by atoms with E-state index in [1.165, 1.54) is 16.3 Å². The fourth-order valence-corrected chi connectivity index (χ4v) is 3.10. The number of hydrogen-bond acceptors (Lipinski definition) is 2. The molecule has 2 heterocycles. The SMILES string of the molecule is CCc1ccc2c(C[n+]3ccc4ccccc4c3)cc(=O)oc2c1. The van der Waals surface area contributed by atoms with Crippen LogP contribution in [0.5, 0.6) is 0 Å². The molecule has 118 valence electrons. The zero-order valence-corrected chi connectivity index (χ0v) is 13.5. The number of fused-ring (bicyclic) bond motifs is 2. The van der Waals surface area contributed by atoms with Crippen LogP contribution in [0.3, 0.4) is 0 Å². The van der Waals surface area contributed by atoms with E-state index in [1.54, 1.807) is 6.07 Å². The first kappa shape index (κ1) is 14.6. The fraction of sp³-hybridized carbons (Fsp3) is 0.143. The van der Waals surface area contributed by atoms with Gasteiger partial charge in [-0.3, -0.25) is 0 Å². The third-order valence-corrected chi connectivity index (χ3v) is 4.40. The summed E-state index contributed by atoms with van der Waals surface area (Å²) in [7, 11) is 0. The van der Waals surface area contributed by atoms with Crippen LogP contribution in [0.15, 0.2) is 76.2 Å². The maximum atomic E-state index is 11.9. The fourth-order valence-electron chi connectivity index (χ4n) is 3.10. The molecule has 0 saturated heterocycles. The predicted octanol–water partition coefficient (Wildman–Crippen LogP) is 3.84. The molecule has 3 nitrogen and oxygen atoms in total. The van der Waals surface area contributed by atoms with Crippen molar-refractivity contribution in [3.8, 4) is 0 Å². The van der Waals surface area contributed by atoms with Crippen molar-refractivity contribution in [3.05, 3.63) is 88.5 Å². The molecule has 0 unspecified atom stereocenters. The summed E-state index contributed by atoms with van der Waals surface area (Å²) in [5.74, 6) is 0. The van der Waals surface area contributed by atoms with E-state index >= 15 is 0 Å². The molecule has 0 amide bonds. The first-order chi connectivity index (χ1) is 11.7. The maximum absolute atomic E-state index is 11.9. The largest absolute Gasteiger partial charge is 0.423 e. The van der Waals surface area contributed by atoms with Crippen molar-refractivity contribution >= 4 is 21.7 Å². The van der Waals surface area contributed by atoms with E-state index < -0.39 is 0 Å². The summed E-state index contributed by atoms with van der Waals surface area (Å²) in [6.45, 7) is 2.73. The standard InChI is InChI=1S/C21H18NO2/c1-2-15-7-8-19-18(12-21(23)24-20(19)11-15)14-22-10-9-16-5-3-4-6-17(16)13-22/h3-13H,2,14H2,1H3/q+1. The number of rotatable bonds is 3. The summed E-state index contributed by atoms with van der Waals surface area (Å²) < 4.78 is 7.49. The molecular weight excluding hydrogens is 298 g/mol. The lowest BCUT2D eigenvalue weighted by molar-refractivity contribution is -0.686. The van der Waals surface area contributed by atoms with Gasteiger partial charge in [-0.2, -0.15) is 0 Å². The highest BCUT2D eigenvalue weighted by Crippen LogP contribution is 2.19. The lowest BCUT2D eigenvalue weighted by Gasteiger charge is -2.05. The van der Waals surface area contributed by atoms with E-state index in [0.29, 0.717) is 12.1 Å². The van der Waals surface area contributed by atoms with Crippen LogP contribution in [0.2, 0.25) is 0 Å². The van der Waals surface area contributed by atoms with Gasteiger partial charge in [-0.05, 0) is 29.5 Å². The Morgan fingerprint density at radius 3 is 2.67 bits per heavy atom. The minimum absolute atomic E-state index is 0.299. The molecular formula is C21H18NO2+. The van der Waals surface area contributed by atoms with Gasteiger partial charge in [-0.15, -0.1) is 0 Å². The number of hydrogen-bond donors (Lipinski definition) is 0. The van der Waals surface area contributed by atoms with Crippen LogP contribution in [0, 0.1) is 0 Å². The summed E-state index contributed by atoms with van der Waals surface area (Å²) in [4.78, 5) is 11.9. The van der Waals surface area contributed by atoms with Crippen LogP contribution in [0.4, 0.5) is 0 Å². The molecule has 0 saturated carbocycles. The second-order valence-electron chi connectivity index (χ2n) is 6.02. The highest BCUT2D eigenvalue weighted by atomic mass is 16.4. The van der Waals surface area contributed by atoms with Crippen LogP contribution in [0.25, 0.3) is 21.7 Å². The first-order valence-corrected chi connectivity index (χ1v) is 8.16. The Kier molecular flexibility index (Phi) is 3.62. The maximum Gasteiger partial charge on any atom is 0.336 e. The second kappa shape index (κ2) is 5.93. The highest BCUT2D eigenvalue weighted by Gasteiger charge is 2.11. The van der Waals surface area contributed by atoms with Crippen molar-refractivity contribution in [2.75, 3.05) is 0 Å². The minimum Gasteiger partial charge on any atom is -0.423 e. The lowest BCUT2D eigenvalue weighted by Crippen LogP contribution is -2.33. The Morgan fingerprint density at radius 1 is 1.00 bits per heavy atom. The molecule has 0 fully saturated rings. The summed E-state index contributed by atoms with van der Waals surface area (Å²) in [6.07, 6.45) is 5.07. The molecule has 0 aliphatic rings. The van der Waals surface area contributed by atoms with Gasteiger partial charge in [0.25, 0.3) is 0 Å². The van der Waals surface area contributed by atoms with E-state index in [-0.39, 0.29) is 5.63 Å². The molecule has 0 spiro atoms. The van der Waals surface area contributed by atoms with Crippen LogP contribution in [-0.2, 0) is 13.0 Å². The second-order valence-corrected chi connectivity index (χ2v) is 6.02. The Hall–Kier alpha value is -2.94. The normalized spacial score (nSPS) is 11.2. The topological polar surface area (TPSA) is 34.1 Å². The zero-order chi connectivity index (χ0) is 16.5. The summed E-state index contributed by atoms with van der Waals surface area (Å²) in [5.41, 5.74) is 2.51. The number of benzene rings is 2. The third-order valence-electron chi connectivity index (χ3n) is 4.40. The van der Waals surface area contributed by atoms with Crippen LogP contribution < -0.4 is 10.2 Å². The molecule has 0 N–H and O–H groups in total. The summed E-state index contributed by atoms with van der Waals surface area (Å²) in [5, 5.41) is 3.38. The van der Waals surface area contributed by atoms with Gasteiger partial charge < -0.3 is 4.42 Å². The number of pyridine rings is 1. The molecule has 0 bridgehead atoms. The Balaban J connectivity index is 1.81. The van der Waals surface area contributed by atoms with Gasteiger partial charge in [-0.25, -0.2) is 9.36 Å². The van der Waals surface area contributed by atoms with Crippen molar-refractivity contribution in [2.24, 2.45) is 0 Å². The van der Waals surface area contributed by atoms with E-state index in [0.717, 1.165) is 17.4 Å². The quantitative estimate of drug-likeness (QED) is 0.425. The molecule has 0 radical (unpaired) electrons. The smallest absolute Gasteiger partial charge is 0.336 e. The van der Waals surface area contributed by atoms with Crippen molar-refractivity contribution in [1.82, 2.24) is 0 Å². The highest BCUT2D eigenvalue weighted by molar-refractivity contribution is 5.81. The van der Waals surface area contributed by atoms with Crippen molar-refractivity contribution in [1.29, 1.82) is 0 Å². The van der Waals surface area contributed by atoms with Crippen molar-refractivity contribution in [3.63, 3.8) is 0 Å². The van der Waals surface area contributed by atoms with Gasteiger partial charge in [0.1, 0.15) is 5.58 Å². The average Bonchev–Trinajstić information content (AvgIpc) is 2.61. The van der Waals surface area contributed by atoms with Gasteiger partial charge in [0.2, 0.25) is 0 Å². The summed E-state index contributed by atoms with van der Waals surface area (Å²) >= 11 is 0. The molecule has 4 rings (SSSR count). The van der Waals surface area contributed by atoms with Gasteiger partial charge >= 0.3 is 5.63 Å². The van der Waals surface area contributed by atoms with Gasteiger partial charge in [0, 0.05) is 28.5 Å². The molecule has 2 aromatic carbocycles. The Labute approximate surface area is 139 Å². The molecule has 0 atom stereocenters. The van der Waals surface area contributed by atoms with E-state index in [2.05, 4.69) is 42.0 Å². The molecule has 0 aliphatic carbocycles. The first-order valence-electron chi connectivity index (χ1n) is 8.16. The van der Waals surface area contributed by atoms with Gasteiger partial charge in [0.15, 0.2) is 18.9 Å². The molecule has 0 aliphatic heterocycles. The van der Waals surface area contributed by atoms with E-state index in [9.17, 15) is 4.79 Å². The number of aromatic nitrogens is 1. The third kappa shape index (κ3) is 2.69. The Morgan fingerprint density at radius 2 is 1.83 bits per heavy atom. The summed E-state index contributed by atoms with van der Waals surface area (Å²) in [6, 6.07) is 18.1. The predicted molar refractivity (Wildman–Crippen MR) is 95.1 cm³/mol. The monoisotopic (exact) mass is 316 g/mol. The van der Waals surface area contributed by atoms with Crippen molar-refractivity contribution < 1.29 is 8.98 Å². The lowest BCUT2D eigenvalue weighted by atomic mass is 10.1. The van der Waals surface area contributed by atoms with Gasteiger partial charge in [0.05, 0.1) is 0 Å². The van der Waals surface area contributed by atoms with Crippen LogP contribution in [0.1, 0.15) is 18.1 Å².